The molecule has 0 aliphatic rings. The third-order valence-corrected chi connectivity index (χ3v) is 6.49. The molecule has 0 unspecified atom stereocenters. The second-order valence-electron chi connectivity index (χ2n) is 3.98. The number of aryl methyl sites for hydroxylation is 1. The Labute approximate surface area is 128 Å². The van der Waals surface area contributed by atoms with Crippen molar-refractivity contribution in [2.75, 3.05) is 11.8 Å². The number of benzene rings is 1. The summed E-state index contributed by atoms with van der Waals surface area (Å²) in [4.78, 5) is 0. The molecule has 20 heavy (non-hydrogen) atoms. The lowest BCUT2D eigenvalue weighted by atomic mass is 10.3. The third-order valence-electron chi connectivity index (χ3n) is 2.50. The molecule has 1 aromatic heterocycles. The zero-order valence-electron chi connectivity index (χ0n) is 10.6. The van der Waals surface area contributed by atoms with E-state index < -0.39 is 15.8 Å². The van der Waals surface area contributed by atoms with E-state index in [2.05, 4.69) is 20.7 Å². The van der Waals surface area contributed by atoms with Gasteiger partial charge in [0, 0.05) is 6.07 Å². The number of ether oxygens (including phenoxy) is 1. The maximum atomic E-state index is 13.5. The second kappa shape index (κ2) is 5.71. The van der Waals surface area contributed by atoms with Crippen LogP contribution in [0.1, 0.15) is 5.56 Å². The topological polar surface area (TPSA) is 55.4 Å². The van der Waals surface area contributed by atoms with Crippen molar-refractivity contribution in [2.45, 2.75) is 11.1 Å². The zero-order valence-corrected chi connectivity index (χ0v) is 13.8. The monoisotopic (exact) mass is 379 g/mol. The highest BCUT2D eigenvalue weighted by atomic mass is 79.9. The van der Waals surface area contributed by atoms with E-state index in [1.807, 2.05) is 0 Å². The number of hydrogen-bond acceptors (Lipinski definition) is 4. The minimum atomic E-state index is -3.72. The number of halogens is 2. The molecular weight excluding hydrogens is 369 g/mol. The van der Waals surface area contributed by atoms with E-state index in [4.69, 9.17) is 4.74 Å². The van der Waals surface area contributed by atoms with E-state index in [1.54, 1.807) is 13.0 Å². The number of anilines is 1. The SMILES string of the molecule is COc1ccc(NS(=O)(=O)c2cc(C)c(Br)s2)cc1F. The molecule has 4 nitrogen and oxygen atoms in total. The summed E-state index contributed by atoms with van der Waals surface area (Å²) < 4.78 is 45.9. The first-order valence-corrected chi connectivity index (χ1v) is 8.55. The van der Waals surface area contributed by atoms with Crippen molar-refractivity contribution in [3.8, 4) is 5.75 Å². The molecule has 2 rings (SSSR count). The molecule has 0 amide bonds. The smallest absolute Gasteiger partial charge is 0.271 e. The Morgan fingerprint density at radius 1 is 1.35 bits per heavy atom. The maximum Gasteiger partial charge on any atom is 0.271 e. The summed E-state index contributed by atoms with van der Waals surface area (Å²) in [6.07, 6.45) is 0. The number of rotatable bonds is 4. The fourth-order valence-corrected chi connectivity index (χ4v) is 4.77. The molecule has 8 heteroatoms. The lowest BCUT2D eigenvalue weighted by molar-refractivity contribution is 0.386. The molecule has 0 saturated carbocycles. The molecule has 0 fully saturated rings. The molecule has 0 saturated heterocycles. The largest absolute Gasteiger partial charge is 0.494 e. The molecule has 0 aliphatic carbocycles. The van der Waals surface area contributed by atoms with Gasteiger partial charge in [-0.2, -0.15) is 0 Å². The van der Waals surface area contributed by atoms with Gasteiger partial charge in [0.15, 0.2) is 11.6 Å². The number of sulfonamides is 1. The van der Waals surface area contributed by atoms with Crippen LogP contribution in [-0.4, -0.2) is 15.5 Å². The summed E-state index contributed by atoms with van der Waals surface area (Å²) in [6, 6.07) is 5.43. The van der Waals surface area contributed by atoms with Crippen LogP contribution in [0.2, 0.25) is 0 Å². The van der Waals surface area contributed by atoms with Gasteiger partial charge in [0.25, 0.3) is 10.0 Å². The summed E-state index contributed by atoms with van der Waals surface area (Å²) in [7, 11) is -2.38. The molecule has 108 valence electrons. The van der Waals surface area contributed by atoms with Crippen molar-refractivity contribution in [1.29, 1.82) is 0 Å². The highest BCUT2D eigenvalue weighted by Crippen LogP contribution is 2.32. The molecule has 1 aromatic carbocycles. The number of nitrogens with one attached hydrogen (secondary N) is 1. The van der Waals surface area contributed by atoms with Crippen LogP contribution in [0.4, 0.5) is 10.1 Å². The molecule has 1 heterocycles. The van der Waals surface area contributed by atoms with Gasteiger partial charge < -0.3 is 4.74 Å². The van der Waals surface area contributed by atoms with E-state index >= 15 is 0 Å². The Morgan fingerprint density at radius 2 is 2.05 bits per heavy atom. The van der Waals surface area contributed by atoms with Crippen LogP contribution in [-0.2, 0) is 10.0 Å². The Bertz CT molecular complexity index is 724. The van der Waals surface area contributed by atoms with Gasteiger partial charge in [-0.3, -0.25) is 4.72 Å². The maximum absolute atomic E-state index is 13.5. The van der Waals surface area contributed by atoms with Crippen LogP contribution < -0.4 is 9.46 Å². The molecule has 0 atom stereocenters. The minimum absolute atomic E-state index is 0.0580. The predicted molar refractivity (Wildman–Crippen MR) is 80.5 cm³/mol. The quantitative estimate of drug-likeness (QED) is 0.879. The summed E-state index contributed by atoms with van der Waals surface area (Å²) >= 11 is 4.37. The van der Waals surface area contributed by atoms with Crippen LogP contribution in [0, 0.1) is 12.7 Å². The fraction of sp³-hybridized carbons (Fsp3) is 0.167. The normalized spacial score (nSPS) is 11.4. The predicted octanol–water partition coefficient (Wildman–Crippen LogP) is 3.77. The van der Waals surface area contributed by atoms with Gasteiger partial charge in [0.1, 0.15) is 4.21 Å². The average Bonchev–Trinajstić information content (AvgIpc) is 2.70. The van der Waals surface area contributed by atoms with Gasteiger partial charge in [-0.25, -0.2) is 12.8 Å². The van der Waals surface area contributed by atoms with Crippen LogP contribution >= 0.6 is 27.3 Å². The van der Waals surface area contributed by atoms with Gasteiger partial charge >= 0.3 is 0 Å². The first kappa shape index (κ1) is 15.3. The van der Waals surface area contributed by atoms with Crippen LogP contribution in [0.3, 0.4) is 0 Å². The summed E-state index contributed by atoms with van der Waals surface area (Å²) in [6.45, 7) is 1.80. The van der Waals surface area contributed by atoms with E-state index in [-0.39, 0.29) is 15.6 Å². The standard InChI is InChI=1S/C12H11BrFNO3S2/c1-7-5-11(19-12(7)13)20(16,17)15-8-3-4-10(18-2)9(14)6-8/h3-6,15H,1-2H3. The van der Waals surface area contributed by atoms with Crippen molar-refractivity contribution < 1.29 is 17.5 Å². The van der Waals surface area contributed by atoms with Crippen LogP contribution in [0.5, 0.6) is 5.75 Å². The van der Waals surface area contributed by atoms with Gasteiger partial charge in [0.2, 0.25) is 0 Å². The highest BCUT2D eigenvalue weighted by molar-refractivity contribution is 9.11. The fourth-order valence-electron chi connectivity index (χ4n) is 1.50. The molecule has 0 spiro atoms. The Balaban J connectivity index is 2.31. The molecule has 0 radical (unpaired) electrons. The van der Waals surface area contributed by atoms with Crippen molar-refractivity contribution in [2.24, 2.45) is 0 Å². The molecular formula is C12H11BrFNO3S2. The zero-order chi connectivity index (χ0) is 14.9. The molecule has 1 N–H and O–H groups in total. The number of methoxy groups -OCH3 is 1. The van der Waals surface area contributed by atoms with Crippen molar-refractivity contribution in [3.63, 3.8) is 0 Å². The molecule has 2 aromatic rings. The second-order valence-corrected chi connectivity index (χ2v) is 8.26. The van der Waals surface area contributed by atoms with E-state index in [0.29, 0.717) is 0 Å². The van der Waals surface area contributed by atoms with Crippen molar-refractivity contribution >= 4 is 43.0 Å². The average molecular weight is 380 g/mol. The minimum Gasteiger partial charge on any atom is -0.494 e. The first-order valence-electron chi connectivity index (χ1n) is 5.46. The van der Waals surface area contributed by atoms with Crippen LogP contribution in [0.25, 0.3) is 0 Å². The lowest BCUT2D eigenvalue weighted by Gasteiger charge is -2.08. The van der Waals surface area contributed by atoms with E-state index in [0.717, 1.165) is 26.8 Å². The Kier molecular flexibility index (Phi) is 4.36. The van der Waals surface area contributed by atoms with Gasteiger partial charge in [-0.05, 0) is 46.6 Å². The third kappa shape index (κ3) is 3.13. The molecule has 0 aliphatic heterocycles. The van der Waals surface area contributed by atoms with E-state index in [1.165, 1.54) is 19.2 Å². The van der Waals surface area contributed by atoms with Crippen LogP contribution in [0.15, 0.2) is 32.3 Å². The number of thiophene rings is 1. The highest BCUT2D eigenvalue weighted by Gasteiger charge is 2.19. The van der Waals surface area contributed by atoms with Gasteiger partial charge in [-0.1, -0.05) is 0 Å². The summed E-state index contributed by atoms with van der Waals surface area (Å²) in [5.74, 6) is -0.570. The van der Waals surface area contributed by atoms with Crippen molar-refractivity contribution in [1.82, 2.24) is 0 Å². The van der Waals surface area contributed by atoms with Gasteiger partial charge in [0.05, 0.1) is 16.6 Å². The Hall–Kier alpha value is -1.12. The molecule has 0 bridgehead atoms. The van der Waals surface area contributed by atoms with Gasteiger partial charge in [-0.15, -0.1) is 11.3 Å². The Morgan fingerprint density at radius 3 is 2.55 bits per heavy atom. The summed E-state index contributed by atoms with van der Waals surface area (Å²) in [5.41, 5.74) is 0.974. The van der Waals surface area contributed by atoms with E-state index in [9.17, 15) is 12.8 Å². The number of hydrogen-bond donors (Lipinski definition) is 1. The first-order chi connectivity index (χ1) is 9.33. The summed E-state index contributed by atoms with van der Waals surface area (Å²) in [5, 5.41) is 0. The lowest BCUT2D eigenvalue weighted by Crippen LogP contribution is -2.11. The van der Waals surface area contributed by atoms with Crippen molar-refractivity contribution in [3.05, 3.63) is 39.4 Å².